The molecular weight excluding hydrogens is 385 g/mol. The Bertz CT molecular complexity index is 961. The Hall–Kier alpha value is -3.55. The highest BCUT2D eigenvalue weighted by molar-refractivity contribution is 6.06. The summed E-state index contributed by atoms with van der Waals surface area (Å²) < 4.78 is 50.0. The van der Waals surface area contributed by atoms with Crippen LogP contribution in [0, 0.1) is 0 Å². The summed E-state index contributed by atoms with van der Waals surface area (Å²) in [4.78, 5) is 17.6. The van der Waals surface area contributed by atoms with E-state index in [0.717, 1.165) is 0 Å². The van der Waals surface area contributed by atoms with Gasteiger partial charge in [0.2, 0.25) is 5.88 Å². The molecule has 0 aliphatic heterocycles. The summed E-state index contributed by atoms with van der Waals surface area (Å²) >= 11 is 0. The lowest BCUT2D eigenvalue weighted by Crippen LogP contribution is -2.39. The van der Waals surface area contributed by atoms with Gasteiger partial charge < -0.3 is 9.47 Å². The first-order chi connectivity index (χ1) is 13.9. The fourth-order valence-corrected chi connectivity index (χ4v) is 2.60. The molecule has 0 radical (unpaired) electrons. The van der Waals surface area contributed by atoms with Crippen LogP contribution in [0.2, 0.25) is 0 Å². The molecule has 1 aromatic heterocycles. The molecule has 3 rings (SSSR count). The van der Waals surface area contributed by atoms with Gasteiger partial charge in [-0.05, 0) is 48.5 Å². The van der Waals surface area contributed by atoms with Crippen molar-refractivity contribution in [1.29, 1.82) is 0 Å². The van der Waals surface area contributed by atoms with Gasteiger partial charge in [0.25, 0.3) is 5.91 Å². The molecule has 1 heterocycles. The molecule has 2 aromatic carbocycles. The number of pyridine rings is 1. The molecule has 0 aliphatic carbocycles. The van der Waals surface area contributed by atoms with Crippen molar-refractivity contribution in [2.45, 2.75) is 6.18 Å². The molecule has 3 aromatic rings. The van der Waals surface area contributed by atoms with Crippen molar-refractivity contribution in [2.24, 2.45) is 0 Å². The number of nitrogens with zero attached hydrogens (tertiary/aromatic N) is 2. The molecule has 0 saturated heterocycles. The third-order valence-electron chi connectivity index (χ3n) is 3.91. The topological polar surface area (TPSA) is 51.7 Å². The van der Waals surface area contributed by atoms with Crippen molar-refractivity contribution in [1.82, 2.24) is 4.98 Å². The van der Waals surface area contributed by atoms with E-state index >= 15 is 0 Å². The lowest BCUT2D eigenvalue weighted by Gasteiger charge is -2.24. The van der Waals surface area contributed by atoms with Crippen molar-refractivity contribution in [2.75, 3.05) is 18.6 Å². The number of hydrogen-bond donors (Lipinski definition) is 0. The highest BCUT2D eigenvalue weighted by Crippen LogP contribution is 2.27. The number of anilines is 1. The summed E-state index contributed by atoms with van der Waals surface area (Å²) in [5, 5.41) is 0. The van der Waals surface area contributed by atoms with E-state index in [9.17, 15) is 18.0 Å². The van der Waals surface area contributed by atoms with Crippen molar-refractivity contribution in [3.8, 4) is 17.4 Å². The molecule has 0 aliphatic rings. The minimum atomic E-state index is -4.57. The summed E-state index contributed by atoms with van der Waals surface area (Å²) in [5.41, 5.74) is 0.155. The van der Waals surface area contributed by atoms with E-state index in [2.05, 4.69) is 4.98 Å². The Morgan fingerprint density at radius 1 is 1.00 bits per heavy atom. The zero-order chi connectivity index (χ0) is 20.9. The van der Waals surface area contributed by atoms with Crippen LogP contribution in [-0.2, 0) is 0 Å². The highest BCUT2D eigenvalue weighted by Gasteiger charge is 2.34. The molecule has 0 saturated carbocycles. The van der Waals surface area contributed by atoms with Gasteiger partial charge in [-0.1, -0.05) is 12.1 Å². The molecule has 0 fully saturated rings. The van der Waals surface area contributed by atoms with E-state index in [4.69, 9.17) is 9.47 Å². The molecule has 0 N–H and O–H groups in total. The first-order valence-electron chi connectivity index (χ1n) is 8.57. The van der Waals surface area contributed by atoms with Crippen molar-refractivity contribution in [3.05, 3.63) is 78.5 Å². The third kappa shape index (κ3) is 5.47. The van der Waals surface area contributed by atoms with Gasteiger partial charge in [0.15, 0.2) is 0 Å². The normalized spacial score (nSPS) is 11.0. The largest absolute Gasteiger partial charge is 0.497 e. The Balaban J connectivity index is 1.89. The second kappa shape index (κ2) is 8.64. The number of alkyl halides is 3. The van der Waals surface area contributed by atoms with Crippen LogP contribution in [-0.4, -0.2) is 30.7 Å². The van der Waals surface area contributed by atoms with Crippen LogP contribution in [0.5, 0.6) is 17.4 Å². The first-order valence-corrected chi connectivity index (χ1v) is 8.57. The first kappa shape index (κ1) is 20.2. The van der Waals surface area contributed by atoms with Gasteiger partial charge in [-0.3, -0.25) is 9.69 Å². The molecule has 0 atom stereocenters. The van der Waals surface area contributed by atoms with Crippen LogP contribution in [0.4, 0.5) is 18.9 Å². The molecular formula is C21H17F3N2O3. The Morgan fingerprint density at radius 2 is 1.76 bits per heavy atom. The molecule has 8 heteroatoms. The second-order valence-corrected chi connectivity index (χ2v) is 6.00. The number of halogens is 3. The van der Waals surface area contributed by atoms with E-state index in [1.54, 1.807) is 30.5 Å². The standard InChI is InChI=1S/C21H17F3N2O3/c1-28-17-10-8-16(9-11-17)26(14-21(22,23)24)20(27)15-5-4-6-18(13-15)29-19-7-2-3-12-25-19/h2-13H,14H2,1H3. The van der Waals surface area contributed by atoms with Gasteiger partial charge in [0, 0.05) is 23.5 Å². The minimum absolute atomic E-state index is 0.0542. The smallest absolute Gasteiger partial charge is 0.406 e. The average Bonchev–Trinajstić information content (AvgIpc) is 2.72. The zero-order valence-corrected chi connectivity index (χ0v) is 15.4. The van der Waals surface area contributed by atoms with Crippen LogP contribution < -0.4 is 14.4 Å². The Kier molecular flexibility index (Phi) is 6.01. The van der Waals surface area contributed by atoms with Crippen molar-refractivity contribution >= 4 is 11.6 Å². The minimum Gasteiger partial charge on any atom is -0.497 e. The van der Waals surface area contributed by atoms with E-state index in [0.29, 0.717) is 16.5 Å². The van der Waals surface area contributed by atoms with E-state index in [-0.39, 0.29) is 17.0 Å². The second-order valence-electron chi connectivity index (χ2n) is 6.00. The molecule has 1 amide bonds. The van der Waals surface area contributed by atoms with E-state index in [1.807, 2.05) is 0 Å². The number of carbonyl (C=O) groups is 1. The van der Waals surface area contributed by atoms with Crippen LogP contribution in [0.15, 0.2) is 72.9 Å². The van der Waals surface area contributed by atoms with Crippen LogP contribution >= 0.6 is 0 Å². The average molecular weight is 402 g/mol. The molecule has 29 heavy (non-hydrogen) atoms. The van der Waals surface area contributed by atoms with Crippen molar-refractivity contribution < 1.29 is 27.4 Å². The Labute approximate surface area is 165 Å². The van der Waals surface area contributed by atoms with Gasteiger partial charge in [-0.2, -0.15) is 13.2 Å². The molecule has 0 spiro atoms. The predicted molar refractivity (Wildman–Crippen MR) is 101 cm³/mol. The fraction of sp³-hybridized carbons (Fsp3) is 0.143. The van der Waals surface area contributed by atoms with Crippen LogP contribution in [0.25, 0.3) is 0 Å². The molecule has 0 unspecified atom stereocenters. The number of amides is 1. The fourth-order valence-electron chi connectivity index (χ4n) is 2.60. The summed E-state index contributed by atoms with van der Waals surface area (Å²) in [6.07, 6.45) is -3.03. The number of methoxy groups -OCH3 is 1. The van der Waals surface area contributed by atoms with Gasteiger partial charge in [0.05, 0.1) is 7.11 Å². The van der Waals surface area contributed by atoms with Crippen LogP contribution in [0.1, 0.15) is 10.4 Å². The highest BCUT2D eigenvalue weighted by atomic mass is 19.4. The molecule has 5 nitrogen and oxygen atoms in total. The molecule has 150 valence electrons. The monoisotopic (exact) mass is 402 g/mol. The number of ether oxygens (including phenoxy) is 2. The lowest BCUT2D eigenvalue weighted by molar-refractivity contribution is -0.118. The van der Waals surface area contributed by atoms with Gasteiger partial charge in [0.1, 0.15) is 18.0 Å². The Morgan fingerprint density at radius 3 is 2.38 bits per heavy atom. The number of aromatic nitrogens is 1. The zero-order valence-electron chi connectivity index (χ0n) is 15.4. The van der Waals surface area contributed by atoms with Crippen molar-refractivity contribution in [3.63, 3.8) is 0 Å². The van der Waals surface area contributed by atoms with Gasteiger partial charge >= 0.3 is 6.18 Å². The molecule has 0 bridgehead atoms. The number of benzene rings is 2. The number of carbonyl (C=O) groups excluding carboxylic acids is 1. The maximum Gasteiger partial charge on any atom is 0.406 e. The van der Waals surface area contributed by atoms with Crippen LogP contribution in [0.3, 0.4) is 0 Å². The van der Waals surface area contributed by atoms with E-state index < -0.39 is 18.6 Å². The van der Waals surface area contributed by atoms with Gasteiger partial charge in [-0.15, -0.1) is 0 Å². The maximum absolute atomic E-state index is 13.1. The third-order valence-corrected chi connectivity index (χ3v) is 3.91. The predicted octanol–water partition coefficient (Wildman–Crippen LogP) is 5.09. The number of hydrogen-bond acceptors (Lipinski definition) is 4. The quantitative estimate of drug-likeness (QED) is 0.576. The SMILES string of the molecule is COc1ccc(N(CC(F)(F)F)C(=O)c2cccc(Oc3ccccn3)c2)cc1. The summed E-state index contributed by atoms with van der Waals surface area (Å²) in [6, 6.07) is 16.8. The lowest BCUT2D eigenvalue weighted by atomic mass is 10.1. The van der Waals surface area contributed by atoms with E-state index in [1.165, 1.54) is 49.6 Å². The summed E-state index contributed by atoms with van der Waals surface area (Å²) in [6.45, 7) is -1.43. The summed E-state index contributed by atoms with van der Waals surface area (Å²) in [7, 11) is 1.45. The number of rotatable bonds is 6. The maximum atomic E-state index is 13.1. The summed E-state index contributed by atoms with van der Waals surface area (Å²) in [5.74, 6) is 0.258. The van der Waals surface area contributed by atoms with Gasteiger partial charge in [-0.25, -0.2) is 4.98 Å².